The number of urea groups is 1. The predicted molar refractivity (Wildman–Crippen MR) is 195 cm³/mol. The van der Waals surface area contributed by atoms with E-state index in [2.05, 4.69) is 15.6 Å². The number of pyridine rings is 1. The fourth-order valence-corrected chi connectivity index (χ4v) is 6.07. The molecule has 1 aromatic heterocycles. The zero-order chi connectivity index (χ0) is 35.6. The van der Waals surface area contributed by atoms with Gasteiger partial charge in [-0.25, -0.2) is 4.79 Å². The van der Waals surface area contributed by atoms with Gasteiger partial charge in [0.2, 0.25) is 0 Å². The van der Waals surface area contributed by atoms with Crippen LogP contribution in [-0.2, 0) is 4.74 Å². The average Bonchev–Trinajstić information content (AvgIpc) is 3.13. The number of anilines is 2. The van der Waals surface area contributed by atoms with Gasteiger partial charge in [0.15, 0.2) is 0 Å². The van der Waals surface area contributed by atoms with Crippen molar-refractivity contribution in [2.24, 2.45) is 5.92 Å². The molecule has 11 heteroatoms. The van der Waals surface area contributed by atoms with E-state index in [0.717, 1.165) is 35.7 Å². The lowest BCUT2D eigenvalue weighted by Crippen LogP contribution is -2.48. The Morgan fingerprint density at radius 2 is 1.78 bits per heavy atom. The first-order valence-corrected chi connectivity index (χ1v) is 17.2. The summed E-state index contributed by atoms with van der Waals surface area (Å²) < 4.78 is 12.7. The van der Waals surface area contributed by atoms with Crippen molar-refractivity contribution >= 4 is 40.0 Å². The molecule has 1 aliphatic rings. The van der Waals surface area contributed by atoms with Gasteiger partial charge >= 0.3 is 6.03 Å². The van der Waals surface area contributed by atoms with Gasteiger partial charge in [0.1, 0.15) is 5.75 Å². The number of carbonyl (C=O) groups is 3. The Bertz CT molecular complexity index is 1760. The molecule has 2 heterocycles. The first kappa shape index (κ1) is 36.3. The van der Waals surface area contributed by atoms with Crippen LogP contribution in [0.15, 0.2) is 85.2 Å². The fraction of sp³-hybridized carbons (Fsp3) is 0.385. The molecular formula is C39H47N5O6. The Labute approximate surface area is 293 Å². The van der Waals surface area contributed by atoms with Crippen molar-refractivity contribution in [2.45, 2.75) is 58.3 Å². The molecule has 264 valence electrons. The van der Waals surface area contributed by atoms with Crippen molar-refractivity contribution in [3.63, 3.8) is 0 Å². The third kappa shape index (κ3) is 9.16. The molecule has 5 rings (SSSR count). The highest BCUT2D eigenvalue weighted by Crippen LogP contribution is 2.29. The molecule has 0 bridgehead atoms. The molecule has 0 fully saturated rings. The number of aromatic nitrogens is 1. The average molecular weight is 682 g/mol. The molecule has 0 radical (unpaired) electrons. The van der Waals surface area contributed by atoms with Gasteiger partial charge in [0.25, 0.3) is 11.8 Å². The fourth-order valence-electron chi connectivity index (χ4n) is 6.07. The number of aliphatic hydroxyl groups is 1. The van der Waals surface area contributed by atoms with Gasteiger partial charge in [-0.2, -0.15) is 0 Å². The van der Waals surface area contributed by atoms with Crippen molar-refractivity contribution in [2.75, 3.05) is 44.0 Å². The smallest absolute Gasteiger partial charge is 0.321 e. The van der Waals surface area contributed by atoms with Crippen LogP contribution in [0, 0.1) is 5.92 Å². The molecule has 11 nitrogen and oxygen atoms in total. The molecule has 0 spiro atoms. The molecule has 1 aliphatic heterocycles. The third-order valence-electron chi connectivity index (χ3n) is 9.08. The first-order valence-electron chi connectivity index (χ1n) is 17.2. The number of aliphatic hydroxyl groups excluding tert-OH is 1. The van der Waals surface area contributed by atoms with Crippen molar-refractivity contribution in [3.05, 3.63) is 96.3 Å². The van der Waals surface area contributed by atoms with E-state index in [0.29, 0.717) is 23.6 Å². The van der Waals surface area contributed by atoms with Crippen molar-refractivity contribution in [1.82, 2.24) is 14.8 Å². The largest absolute Gasteiger partial charge is 0.490 e. The van der Waals surface area contributed by atoms with Gasteiger partial charge < -0.3 is 35.0 Å². The lowest BCUT2D eigenvalue weighted by atomic mass is 10.0. The number of rotatable bonds is 7. The number of ether oxygens (including phenoxy) is 2. The summed E-state index contributed by atoms with van der Waals surface area (Å²) in [5.41, 5.74) is 1.86. The number of likely N-dealkylation sites (N-methyl/N-ethyl adjacent to an activating group) is 1. The number of fused-ring (bicyclic) bond motifs is 2. The minimum absolute atomic E-state index is 0.191. The molecule has 4 aromatic rings. The minimum Gasteiger partial charge on any atom is -0.490 e. The molecule has 4 atom stereocenters. The maximum Gasteiger partial charge on any atom is 0.321 e. The predicted octanol–water partition coefficient (Wildman–Crippen LogP) is 6.45. The van der Waals surface area contributed by atoms with Crippen LogP contribution in [0.3, 0.4) is 0 Å². The maximum atomic E-state index is 14.4. The number of nitrogens with one attached hydrogen (secondary N) is 2. The number of hydrogen-bond donors (Lipinski definition) is 3. The van der Waals surface area contributed by atoms with E-state index in [9.17, 15) is 19.5 Å². The summed E-state index contributed by atoms with van der Waals surface area (Å²) in [5, 5.41) is 18.2. The summed E-state index contributed by atoms with van der Waals surface area (Å²) in [6.07, 6.45) is 4.87. The van der Waals surface area contributed by atoms with Gasteiger partial charge in [-0.3, -0.25) is 14.6 Å². The van der Waals surface area contributed by atoms with E-state index in [1.54, 1.807) is 66.5 Å². The van der Waals surface area contributed by atoms with Crippen molar-refractivity contribution in [1.29, 1.82) is 0 Å². The standard InChI is InChI=1S/C39H47N5O6/c1-26-23-44(27(2)25-45)38(47)33-22-31(41-37(46)30-17-19-40-20-18-30)15-16-35(33)50-28(3)10-7-8-21-49-36(26)24-43(4)39(48)42-34-14-9-12-29-11-5-6-13-32(29)34/h5-6,9,11-20,22,26-28,36,45H,7-8,10,21,23-25H2,1-4H3,(H,41,46)(H,42,48)/t26-,27-,28-,36+/m0/s1. The van der Waals surface area contributed by atoms with Crippen LogP contribution in [0.4, 0.5) is 16.2 Å². The van der Waals surface area contributed by atoms with Crippen LogP contribution in [0.2, 0.25) is 0 Å². The third-order valence-corrected chi connectivity index (χ3v) is 9.08. The zero-order valence-electron chi connectivity index (χ0n) is 29.2. The highest BCUT2D eigenvalue weighted by molar-refractivity contribution is 6.05. The first-order chi connectivity index (χ1) is 24.1. The minimum atomic E-state index is -0.536. The second-order valence-electron chi connectivity index (χ2n) is 13.0. The van der Waals surface area contributed by atoms with Gasteiger partial charge in [-0.1, -0.05) is 43.3 Å². The van der Waals surface area contributed by atoms with E-state index in [-0.39, 0.29) is 55.1 Å². The van der Waals surface area contributed by atoms with Crippen LogP contribution >= 0.6 is 0 Å². The highest BCUT2D eigenvalue weighted by atomic mass is 16.5. The maximum absolute atomic E-state index is 14.4. The summed E-state index contributed by atoms with van der Waals surface area (Å²) in [5.74, 6) is -0.500. The van der Waals surface area contributed by atoms with Gasteiger partial charge in [-0.05, 0) is 74.9 Å². The summed E-state index contributed by atoms with van der Waals surface area (Å²) >= 11 is 0. The normalized spacial score (nSPS) is 19.4. The summed E-state index contributed by atoms with van der Waals surface area (Å²) in [6, 6.07) is 21.1. The Morgan fingerprint density at radius 3 is 2.56 bits per heavy atom. The second-order valence-corrected chi connectivity index (χ2v) is 13.0. The number of hydrogen-bond acceptors (Lipinski definition) is 7. The molecule has 3 aromatic carbocycles. The second kappa shape index (κ2) is 17.1. The molecule has 3 N–H and O–H groups in total. The quantitative estimate of drug-likeness (QED) is 0.204. The Balaban J connectivity index is 1.38. The number of amides is 4. The SMILES string of the molecule is C[C@H]1CCCCO[C@H](CN(C)C(=O)Nc2cccc3ccccc23)[C@@H](C)CN([C@@H](C)CO)C(=O)c2cc(NC(=O)c3ccncc3)ccc2O1. The van der Waals surface area contributed by atoms with Crippen molar-refractivity contribution < 1.29 is 29.0 Å². The lowest BCUT2D eigenvalue weighted by Gasteiger charge is -2.35. The van der Waals surface area contributed by atoms with Gasteiger partial charge in [0, 0.05) is 61.7 Å². The summed E-state index contributed by atoms with van der Waals surface area (Å²) in [4.78, 5) is 48.0. The van der Waals surface area contributed by atoms with E-state index in [4.69, 9.17) is 9.47 Å². The lowest BCUT2D eigenvalue weighted by molar-refractivity contribution is -0.0115. The number of carbonyl (C=O) groups excluding carboxylic acids is 3. The van der Waals surface area contributed by atoms with Gasteiger partial charge in [-0.15, -0.1) is 0 Å². The van der Waals surface area contributed by atoms with Crippen LogP contribution in [0.5, 0.6) is 5.75 Å². The monoisotopic (exact) mass is 681 g/mol. The molecular weight excluding hydrogens is 634 g/mol. The Hall–Kier alpha value is -5.00. The molecule has 0 saturated carbocycles. The summed E-state index contributed by atoms with van der Waals surface area (Å²) in [7, 11) is 1.73. The highest BCUT2D eigenvalue weighted by Gasteiger charge is 2.31. The molecule has 0 unspecified atom stereocenters. The molecule has 0 aliphatic carbocycles. The van der Waals surface area contributed by atoms with E-state index < -0.39 is 12.1 Å². The van der Waals surface area contributed by atoms with Gasteiger partial charge in [0.05, 0.1) is 36.1 Å². The Kier molecular flexibility index (Phi) is 12.4. The topological polar surface area (TPSA) is 133 Å². The molecule has 4 amide bonds. The van der Waals surface area contributed by atoms with Crippen molar-refractivity contribution in [3.8, 4) is 5.75 Å². The van der Waals surface area contributed by atoms with E-state index in [1.165, 1.54) is 0 Å². The van der Waals surface area contributed by atoms with Crippen LogP contribution in [0.1, 0.15) is 60.7 Å². The van der Waals surface area contributed by atoms with E-state index >= 15 is 0 Å². The number of nitrogens with zero attached hydrogens (tertiary/aromatic N) is 3. The van der Waals surface area contributed by atoms with Crippen LogP contribution in [0.25, 0.3) is 10.8 Å². The van der Waals surface area contributed by atoms with Crippen LogP contribution < -0.4 is 15.4 Å². The molecule has 50 heavy (non-hydrogen) atoms. The Morgan fingerprint density at radius 1 is 1.02 bits per heavy atom. The van der Waals surface area contributed by atoms with E-state index in [1.807, 2.05) is 56.3 Å². The summed E-state index contributed by atoms with van der Waals surface area (Å²) in [6.45, 7) is 6.49. The van der Waals surface area contributed by atoms with Crippen LogP contribution in [-0.4, -0.2) is 89.3 Å². The zero-order valence-corrected chi connectivity index (χ0v) is 29.2. The molecule has 0 saturated heterocycles. The number of benzene rings is 3.